The highest BCUT2D eigenvalue weighted by molar-refractivity contribution is 7.99. The molecule has 0 bridgehead atoms. The number of nitro groups is 1. The average molecular weight is 293 g/mol. The summed E-state index contributed by atoms with van der Waals surface area (Å²) in [4.78, 5) is 10.5. The van der Waals surface area contributed by atoms with Crippen molar-refractivity contribution in [3.05, 3.63) is 39.4 Å². The molecule has 1 aromatic carbocycles. The number of rotatable bonds is 4. The first-order valence-electron chi connectivity index (χ1n) is 5.96. The highest BCUT2D eigenvalue weighted by atomic mass is 32.2. The molecule has 1 heterocycles. The van der Waals surface area contributed by atoms with Crippen LogP contribution in [0.5, 0.6) is 0 Å². The molecule has 0 aliphatic carbocycles. The van der Waals surface area contributed by atoms with Gasteiger partial charge in [0.1, 0.15) is 0 Å². The molecule has 1 unspecified atom stereocenters. The van der Waals surface area contributed by atoms with E-state index in [4.69, 9.17) is 5.73 Å². The molecule has 0 radical (unpaired) electrons. The number of hydrogen-bond acceptors (Lipinski definition) is 6. The Morgan fingerprint density at radius 2 is 2.15 bits per heavy atom. The smallest absolute Gasteiger partial charge is 0.269 e. The quantitative estimate of drug-likeness (QED) is 0.528. The first kappa shape index (κ1) is 14.3. The van der Waals surface area contributed by atoms with Gasteiger partial charge in [-0.25, -0.2) is 0 Å². The van der Waals surface area contributed by atoms with E-state index in [2.05, 4.69) is 10.2 Å². The van der Waals surface area contributed by atoms with Crippen LogP contribution in [0.3, 0.4) is 0 Å². The van der Waals surface area contributed by atoms with Crippen molar-refractivity contribution in [3.8, 4) is 0 Å². The van der Waals surface area contributed by atoms with Gasteiger partial charge in [-0.05, 0) is 25.0 Å². The Labute approximate surface area is 120 Å². The van der Waals surface area contributed by atoms with E-state index in [1.54, 1.807) is 23.7 Å². The topological polar surface area (TPSA) is 99.9 Å². The van der Waals surface area contributed by atoms with Crippen LogP contribution < -0.4 is 5.73 Å². The van der Waals surface area contributed by atoms with E-state index in [1.807, 2.05) is 13.8 Å². The summed E-state index contributed by atoms with van der Waals surface area (Å²) in [5.41, 5.74) is 7.64. The van der Waals surface area contributed by atoms with Crippen molar-refractivity contribution in [3.63, 3.8) is 0 Å². The molecule has 2 N–H and O–H groups in total. The zero-order chi connectivity index (χ0) is 14.9. The molecule has 2 aromatic rings. The van der Waals surface area contributed by atoms with Gasteiger partial charge < -0.3 is 5.73 Å². The standard InChI is InChI=1S/C12H15N5O2S/c1-7-4-5-9(17(18)19)6-10(7)8(2)20-12-15-14-11(13)16(12)3/h4-6,8H,1-3H3,(H2,13,14). The Hall–Kier alpha value is -2.09. The maximum absolute atomic E-state index is 10.9. The van der Waals surface area contributed by atoms with Gasteiger partial charge in [0.25, 0.3) is 5.69 Å². The van der Waals surface area contributed by atoms with Crippen LogP contribution in [-0.2, 0) is 7.05 Å². The number of nitrogens with two attached hydrogens (primary N) is 1. The SMILES string of the molecule is Cc1ccc([N+](=O)[O-])cc1C(C)Sc1nnc(N)n1C. The minimum atomic E-state index is -0.388. The predicted molar refractivity (Wildman–Crippen MR) is 77.5 cm³/mol. The summed E-state index contributed by atoms with van der Waals surface area (Å²) < 4.78 is 1.69. The van der Waals surface area contributed by atoms with Crippen molar-refractivity contribution in [1.29, 1.82) is 0 Å². The number of non-ortho nitro benzene ring substituents is 1. The number of anilines is 1. The second-order valence-electron chi connectivity index (χ2n) is 4.46. The molecule has 0 saturated carbocycles. The molecule has 0 amide bonds. The van der Waals surface area contributed by atoms with Crippen molar-refractivity contribution in [1.82, 2.24) is 14.8 Å². The van der Waals surface area contributed by atoms with Crippen LogP contribution in [0.15, 0.2) is 23.4 Å². The highest BCUT2D eigenvalue weighted by Crippen LogP contribution is 2.36. The molecular formula is C12H15N5O2S. The summed E-state index contributed by atoms with van der Waals surface area (Å²) in [6.45, 7) is 3.91. The Balaban J connectivity index is 2.29. The van der Waals surface area contributed by atoms with E-state index >= 15 is 0 Å². The molecule has 1 aromatic heterocycles. The number of hydrogen-bond donors (Lipinski definition) is 1. The third-order valence-corrected chi connectivity index (χ3v) is 4.24. The van der Waals surface area contributed by atoms with Crippen LogP contribution in [0, 0.1) is 17.0 Å². The number of thioether (sulfide) groups is 1. The number of nitro benzene ring substituents is 1. The lowest BCUT2D eigenvalue weighted by Crippen LogP contribution is -2.00. The molecule has 7 nitrogen and oxygen atoms in total. The van der Waals surface area contributed by atoms with Crippen molar-refractivity contribution in [2.45, 2.75) is 24.3 Å². The Morgan fingerprint density at radius 1 is 1.45 bits per heavy atom. The van der Waals surface area contributed by atoms with Crippen LogP contribution in [-0.4, -0.2) is 19.7 Å². The van der Waals surface area contributed by atoms with E-state index in [1.165, 1.54) is 17.8 Å². The largest absolute Gasteiger partial charge is 0.368 e. The van der Waals surface area contributed by atoms with Crippen molar-refractivity contribution < 1.29 is 4.92 Å². The van der Waals surface area contributed by atoms with E-state index < -0.39 is 0 Å². The van der Waals surface area contributed by atoms with Gasteiger partial charge in [0.15, 0.2) is 5.16 Å². The van der Waals surface area contributed by atoms with E-state index in [0.717, 1.165) is 11.1 Å². The van der Waals surface area contributed by atoms with Crippen LogP contribution in [0.2, 0.25) is 0 Å². The van der Waals surface area contributed by atoms with Gasteiger partial charge in [0.2, 0.25) is 5.95 Å². The first-order valence-corrected chi connectivity index (χ1v) is 6.84. The van der Waals surface area contributed by atoms with Crippen molar-refractivity contribution in [2.75, 3.05) is 5.73 Å². The molecule has 1 atom stereocenters. The summed E-state index contributed by atoms with van der Waals surface area (Å²) in [6.07, 6.45) is 0. The Morgan fingerprint density at radius 3 is 2.70 bits per heavy atom. The molecule has 20 heavy (non-hydrogen) atoms. The maximum Gasteiger partial charge on any atom is 0.269 e. The lowest BCUT2D eigenvalue weighted by Gasteiger charge is -2.13. The molecule has 0 aliphatic heterocycles. The first-order chi connectivity index (χ1) is 9.40. The molecule has 8 heteroatoms. The molecule has 0 fully saturated rings. The Kier molecular flexibility index (Phi) is 3.93. The fourth-order valence-corrected chi connectivity index (χ4v) is 2.87. The molecule has 0 spiro atoms. The second-order valence-corrected chi connectivity index (χ2v) is 5.77. The number of nitrogen functional groups attached to an aromatic ring is 1. The summed E-state index contributed by atoms with van der Waals surface area (Å²) in [7, 11) is 1.78. The molecule has 0 aliphatic rings. The summed E-state index contributed by atoms with van der Waals surface area (Å²) in [5.74, 6) is 0.343. The normalized spacial score (nSPS) is 12.3. The molecule has 106 valence electrons. The minimum Gasteiger partial charge on any atom is -0.368 e. The predicted octanol–water partition coefficient (Wildman–Crippen LogP) is 2.47. The molecular weight excluding hydrogens is 278 g/mol. The number of nitrogens with zero attached hydrogens (tertiary/aromatic N) is 4. The number of aromatic nitrogens is 3. The van der Waals surface area contributed by atoms with Crippen LogP contribution in [0.4, 0.5) is 11.6 Å². The van der Waals surface area contributed by atoms with E-state index in [0.29, 0.717) is 11.1 Å². The van der Waals surface area contributed by atoms with Gasteiger partial charge in [0, 0.05) is 24.4 Å². The van der Waals surface area contributed by atoms with Gasteiger partial charge in [-0.15, -0.1) is 10.2 Å². The van der Waals surface area contributed by atoms with Gasteiger partial charge in [0.05, 0.1) is 4.92 Å². The fourth-order valence-electron chi connectivity index (χ4n) is 1.83. The lowest BCUT2D eigenvalue weighted by atomic mass is 10.1. The second kappa shape index (κ2) is 5.49. The maximum atomic E-state index is 10.9. The summed E-state index contributed by atoms with van der Waals surface area (Å²) >= 11 is 1.47. The summed E-state index contributed by atoms with van der Waals surface area (Å²) in [5, 5.41) is 19.3. The van der Waals surface area contributed by atoms with E-state index in [-0.39, 0.29) is 15.9 Å². The minimum absolute atomic E-state index is 0.0113. The Bertz CT molecular complexity index is 655. The van der Waals surface area contributed by atoms with Gasteiger partial charge in [-0.2, -0.15) is 0 Å². The summed E-state index contributed by atoms with van der Waals surface area (Å²) in [6, 6.07) is 4.87. The van der Waals surface area contributed by atoms with Crippen molar-refractivity contribution >= 4 is 23.4 Å². The third-order valence-electron chi connectivity index (χ3n) is 3.06. The van der Waals surface area contributed by atoms with Gasteiger partial charge >= 0.3 is 0 Å². The zero-order valence-corrected chi connectivity index (χ0v) is 12.2. The van der Waals surface area contributed by atoms with Crippen LogP contribution >= 0.6 is 11.8 Å². The molecule has 0 saturated heterocycles. The lowest BCUT2D eigenvalue weighted by molar-refractivity contribution is -0.384. The van der Waals surface area contributed by atoms with Crippen LogP contribution in [0.25, 0.3) is 0 Å². The third kappa shape index (κ3) is 2.74. The van der Waals surface area contributed by atoms with Gasteiger partial charge in [-0.1, -0.05) is 17.8 Å². The van der Waals surface area contributed by atoms with E-state index in [9.17, 15) is 10.1 Å². The zero-order valence-electron chi connectivity index (χ0n) is 11.4. The fraction of sp³-hybridized carbons (Fsp3) is 0.333. The number of aryl methyl sites for hydroxylation is 1. The van der Waals surface area contributed by atoms with Crippen molar-refractivity contribution in [2.24, 2.45) is 7.05 Å². The average Bonchev–Trinajstić information content (AvgIpc) is 2.71. The molecule has 2 rings (SSSR count). The van der Waals surface area contributed by atoms with Crippen LogP contribution in [0.1, 0.15) is 23.3 Å². The highest BCUT2D eigenvalue weighted by Gasteiger charge is 2.17. The monoisotopic (exact) mass is 293 g/mol. The van der Waals surface area contributed by atoms with Gasteiger partial charge in [-0.3, -0.25) is 14.7 Å². The number of benzene rings is 1.